The Hall–Kier alpha value is -4.58. The minimum Gasteiger partial charge on any atom is -0.480 e. The zero-order chi connectivity index (χ0) is 24.7. The van der Waals surface area contributed by atoms with E-state index in [9.17, 15) is 10.2 Å². The Balaban J connectivity index is 0.000000168. The monoisotopic (exact) mass is 530 g/mol. The van der Waals surface area contributed by atoms with Gasteiger partial charge in [0.05, 0.1) is 11.1 Å². The molecule has 6 rings (SSSR count). The molecule has 0 fully saturated rings. The maximum absolute atomic E-state index is 9.89. The molecule has 2 N–H and O–H groups in total. The fourth-order valence-corrected chi connectivity index (χ4v) is 3.68. The first-order valence-corrected chi connectivity index (χ1v) is 11.3. The van der Waals surface area contributed by atoms with Gasteiger partial charge < -0.3 is 19.7 Å². The number of hydrogen-bond donors (Lipinski definition) is 2. The third kappa shape index (κ3) is 5.98. The normalized spacial score (nSPS) is 12.9. The number of benzene rings is 2. The van der Waals surface area contributed by atoms with E-state index in [0.717, 1.165) is 21.8 Å². The van der Waals surface area contributed by atoms with Gasteiger partial charge in [0.15, 0.2) is 11.5 Å². The number of aliphatic hydroxyl groups excluding tert-OH is 2. The van der Waals surface area contributed by atoms with Crippen molar-refractivity contribution in [1.29, 1.82) is 0 Å². The second kappa shape index (κ2) is 11.9. The molecule has 2 aliphatic carbocycles. The first-order chi connectivity index (χ1) is 17.7. The van der Waals surface area contributed by atoms with E-state index >= 15 is 0 Å². The van der Waals surface area contributed by atoms with Crippen molar-refractivity contribution in [2.45, 2.75) is 0 Å². The summed E-state index contributed by atoms with van der Waals surface area (Å²) in [6.45, 7) is 0. The van der Waals surface area contributed by atoms with Crippen molar-refractivity contribution in [1.82, 2.24) is 9.97 Å². The van der Waals surface area contributed by atoms with Crippen LogP contribution in [0.1, 0.15) is 0 Å². The minimum absolute atomic E-state index is 0. The van der Waals surface area contributed by atoms with E-state index in [1.54, 1.807) is 48.8 Å². The van der Waals surface area contributed by atoms with Gasteiger partial charge >= 0.3 is 0 Å². The number of hydrogen-bond acceptors (Lipinski definition) is 6. The molecule has 0 saturated carbocycles. The van der Waals surface area contributed by atoms with Crippen LogP contribution < -0.4 is 9.47 Å². The van der Waals surface area contributed by atoms with Crippen molar-refractivity contribution in [3.8, 4) is 11.5 Å². The number of nitrogens with zero attached hydrogens (tertiary/aromatic N) is 2. The van der Waals surface area contributed by atoms with Crippen LogP contribution in [0.2, 0.25) is 0 Å². The number of pyridine rings is 2. The van der Waals surface area contributed by atoms with Gasteiger partial charge in [0, 0.05) is 40.2 Å². The molecule has 4 aromatic rings. The molecule has 0 radical (unpaired) electrons. The molecule has 6 nitrogen and oxygen atoms in total. The summed E-state index contributed by atoms with van der Waals surface area (Å²) >= 11 is 0. The molecular formula is C30H22FeN2O4. The number of ether oxygens (including phenoxy) is 2. The van der Waals surface area contributed by atoms with Crippen LogP contribution in [0.5, 0.6) is 11.5 Å². The van der Waals surface area contributed by atoms with Crippen LogP contribution in [-0.2, 0) is 17.1 Å². The van der Waals surface area contributed by atoms with Crippen molar-refractivity contribution in [3.05, 3.63) is 145 Å². The summed E-state index contributed by atoms with van der Waals surface area (Å²) in [7, 11) is 0. The minimum atomic E-state index is -0.113. The molecule has 184 valence electrons. The predicted molar refractivity (Wildman–Crippen MR) is 141 cm³/mol. The van der Waals surface area contributed by atoms with Gasteiger partial charge in [-0.05, 0) is 48.6 Å². The molecule has 37 heavy (non-hydrogen) atoms. The van der Waals surface area contributed by atoms with Crippen LogP contribution >= 0.6 is 0 Å². The van der Waals surface area contributed by atoms with Gasteiger partial charge in [-0.2, -0.15) is 0 Å². The van der Waals surface area contributed by atoms with E-state index < -0.39 is 0 Å². The van der Waals surface area contributed by atoms with Gasteiger partial charge in [-0.1, -0.05) is 60.7 Å². The van der Waals surface area contributed by atoms with E-state index in [4.69, 9.17) is 9.47 Å². The van der Waals surface area contributed by atoms with Crippen LogP contribution in [0.15, 0.2) is 145 Å². The Morgan fingerprint density at radius 2 is 0.919 bits per heavy atom. The second-order valence-corrected chi connectivity index (χ2v) is 7.82. The van der Waals surface area contributed by atoms with Crippen molar-refractivity contribution in [2.24, 2.45) is 0 Å². The molecule has 0 bridgehead atoms. The van der Waals surface area contributed by atoms with Gasteiger partial charge in [0.1, 0.15) is 11.0 Å². The molecular weight excluding hydrogens is 508 g/mol. The zero-order valence-electron chi connectivity index (χ0n) is 19.5. The van der Waals surface area contributed by atoms with Crippen molar-refractivity contribution in [3.63, 3.8) is 0 Å². The number of rotatable bonds is 4. The van der Waals surface area contributed by atoms with Crippen LogP contribution in [0.4, 0.5) is 0 Å². The zero-order valence-corrected chi connectivity index (χ0v) is 20.6. The summed E-state index contributed by atoms with van der Waals surface area (Å²) < 4.78 is 11.0. The topological polar surface area (TPSA) is 84.7 Å². The summed E-state index contributed by atoms with van der Waals surface area (Å²) in [5, 5.41) is 21.7. The quantitative estimate of drug-likeness (QED) is 0.218. The molecule has 0 atom stereocenters. The number of aromatic nitrogens is 2. The summed E-state index contributed by atoms with van der Waals surface area (Å²) in [5.41, 5.74) is 2.78. The maximum atomic E-state index is 9.89. The van der Waals surface area contributed by atoms with E-state index in [0.29, 0.717) is 22.6 Å². The maximum Gasteiger partial charge on any atom is 0.289 e. The fraction of sp³-hybridized carbons (Fsp3) is 0. The van der Waals surface area contributed by atoms with Gasteiger partial charge in [-0.3, -0.25) is 9.97 Å². The van der Waals surface area contributed by atoms with Crippen LogP contribution in [0, 0.1) is 0 Å². The largest absolute Gasteiger partial charge is 0.480 e. The molecule has 2 aromatic heterocycles. The fourth-order valence-electron chi connectivity index (χ4n) is 3.68. The van der Waals surface area contributed by atoms with Crippen molar-refractivity contribution in [2.75, 3.05) is 0 Å². The smallest absolute Gasteiger partial charge is 0.289 e. The SMILES string of the molecule is OC(Oc1cccc2cccnc12)=C1C=CC=C1.OC(Oc1cccc2cccnc12)=C1C=CC=C1.[Fe]. The van der Waals surface area contributed by atoms with Crippen molar-refractivity contribution < 1.29 is 36.8 Å². The predicted octanol–water partition coefficient (Wildman–Crippen LogP) is 7.02. The van der Waals surface area contributed by atoms with E-state index in [-0.39, 0.29) is 29.0 Å². The Bertz CT molecular complexity index is 1460. The van der Waals surface area contributed by atoms with E-state index in [1.165, 1.54) is 0 Å². The molecule has 2 aromatic carbocycles. The van der Waals surface area contributed by atoms with Crippen LogP contribution in [-0.4, -0.2) is 20.2 Å². The summed E-state index contributed by atoms with van der Waals surface area (Å²) in [5.74, 6) is 0.870. The summed E-state index contributed by atoms with van der Waals surface area (Å²) in [6, 6.07) is 18.9. The first-order valence-electron chi connectivity index (χ1n) is 11.3. The van der Waals surface area contributed by atoms with Crippen LogP contribution in [0.3, 0.4) is 0 Å². The number of fused-ring (bicyclic) bond motifs is 2. The third-order valence-electron chi connectivity index (χ3n) is 5.42. The molecule has 0 spiro atoms. The molecule has 0 amide bonds. The van der Waals surface area contributed by atoms with Gasteiger partial charge in [0.25, 0.3) is 11.9 Å². The average Bonchev–Trinajstić information content (AvgIpc) is 3.65. The molecule has 7 heteroatoms. The Morgan fingerprint density at radius 1 is 0.541 bits per heavy atom. The molecule has 2 aliphatic rings. The van der Waals surface area contributed by atoms with Crippen LogP contribution in [0.25, 0.3) is 21.8 Å². The van der Waals surface area contributed by atoms with Gasteiger partial charge in [-0.25, -0.2) is 0 Å². The second-order valence-electron chi connectivity index (χ2n) is 7.82. The Labute approximate surface area is 224 Å². The molecule has 0 saturated heterocycles. The molecule has 0 unspecified atom stereocenters. The third-order valence-corrected chi connectivity index (χ3v) is 5.42. The Morgan fingerprint density at radius 3 is 1.32 bits per heavy atom. The number of allylic oxidation sites excluding steroid dienone is 10. The average molecular weight is 530 g/mol. The summed E-state index contributed by atoms with van der Waals surface area (Å²) in [6.07, 6.45) is 17.9. The van der Waals surface area contributed by atoms with Crippen molar-refractivity contribution >= 4 is 21.8 Å². The summed E-state index contributed by atoms with van der Waals surface area (Å²) in [4.78, 5) is 8.53. The standard InChI is InChI=1S/2C15H11NO2.Fe/c2*17-15(12-5-1-2-6-12)18-13-9-3-7-11-8-4-10-16-14(11)13;/h2*1-10,17H;. The van der Waals surface area contributed by atoms with Gasteiger partial charge in [-0.15, -0.1) is 0 Å². The number of aliphatic hydroxyl groups is 2. The van der Waals surface area contributed by atoms with Gasteiger partial charge in [0.2, 0.25) is 0 Å². The molecule has 2 heterocycles. The number of para-hydroxylation sites is 2. The first kappa shape index (κ1) is 25.5. The van der Waals surface area contributed by atoms with E-state index in [1.807, 2.05) is 72.8 Å². The Kier molecular flexibility index (Phi) is 8.21. The van der Waals surface area contributed by atoms with E-state index in [2.05, 4.69) is 9.97 Å². The molecule has 0 aliphatic heterocycles.